The van der Waals surface area contributed by atoms with Crippen molar-refractivity contribution in [3.63, 3.8) is 0 Å². The fourth-order valence-electron chi connectivity index (χ4n) is 3.04. The lowest BCUT2D eigenvalue weighted by Crippen LogP contribution is -2.36. The van der Waals surface area contributed by atoms with E-state index in [0.717, 1.165) is 35.4 Å². The number of aliphatic imine (C=N–C) groups is 1. The van der Waals surface area contributed by atoms with Crippen LogP contribution < -0.4 is 15.4 Å². The predicted octanol–water partition coefficient (Wildman–Crippen LogP) is 3.97. The van der Waals surface area contributed by atoms with Crippen LogP contribution in [-0.2, 0) is 13.1 Å². The van der Waals surface area contributed by atoms with E-state index in [9.17, 15) is 4.79 Å². The second kappa shape index (κ2) is 11.9. The Morgan fingerprint density at radius 2 is 1.77 bits per heavy atom. The van der Waals surface area contributed by atoms with Gasteiger partial charge in [0.15, 0.2) is 5.96 Å². The first-order valence-corrected chi connectivity index (χ1v) is 10.4. The molecular weight excluding hydrogens is 503 g/mol. The summed E-state index contributed by atoms with van der Waals surface area (Å²) in [5, 5.41) is 6.68. The molecule has 6 nitrogen and oxygen atoms in total. The minimum absolute atomic E-state index is 0. The summed E-state index contributed by atoms with van der Waals surface area (Å²) in [5.74, 6) is 2.40. The Balaban J connectivity index is 0.00000341. The van der Waals surface area contributed by atoms with Crippen molar-refractivity contribution >= 4 is 35.8 Å². The van der Waals surface area contributed by atoms with Crippen molar-refractivity contribution in [1.82, 2.24) is 15.5 Å². The molecule has 1 fully saturated rings. The van der Waals surface area contributed by atoms with Crippen LogP contribution in [0.2, 0.25) is 0 Å². The summed E-state index contributed by atoms with van der Waals surface area (Å²) in [7, 11) is 5.27. The van der Waals surface area contributed by atoms with E-state index < -0.39 is 0 Å². The summed E-state index contributed by atoms with van der Waals surface area (Å²) in [6.45, 7) is 4.14. The molecule has 0 radical (unpaired) electrons. The average Bonchev–Trinajstić information content (AvgIpc) is 3.57. The van der Waals surface area contributed by atoms with Crippen molar-refractivity contribution in [3.8, 4) is 5.75 Å². The van der Waals surface area contributed by atoms with Crippen molar-refractivity contribution in [1.29, 1.82) is 0 Å². The van der Waals surface area contributed by atoms with E-state index in [1.54, 1.807) is 26.0 Å². The number of aryl methyl sites for hydroxylation is 1. The fourth-order valence-corrected chi connectivity index (χ4v) is 3.04. The van der Waals surface area contributed by atoms with Crippen LogP contribution in [0, 0.1) is 12.8 Å². The van der Waals surface area contributed by atoms with Gasteiger partial charge in [0.05, 0.1) is 6.61 Å². The van der Waals surface area contributed by atoms with Gasteiger partial charge in [-0.05, 0) is 55.0 Å². The van der Waals surface area contributed by atoms with Gasteiger partial charge in [-0.2, -0.15) is 0 Å². The van der Waals surface area contributed by atoms with Crippen LogP contribution in [0.5, 0.6) is 5.75 Å². The van der Waals surface area contributed by atoms with E-state index in [1.165, 1.54) is 18.4 Å². The molecule has 1 aliphatic carbocycles. The zero-order valence-electron chi connectivity index (χ0n) is 18.8. The van der Waals surface area contributed by atoms with E-state index in [-0.39, 0.29) is 29.9 Å². The summed E-state index contributed by atoms with van der Waals surface area (Å²) in [6, 6.07) is 13.9. The van der Waals surface area contributed by atoms with E-state index >= 15 is 0 Å². The van der Waals surface area contributed by atoms with Crippen LogP contribution in [-0.4, -0.2) is 44.5 Å². The van der Waals surface area contributed by atoms with E-state index in [1.807, 2.05) is 24.3 Å². The molecule has 0 spiro atoms. The highest BCUT2D eigenvalue weighted by Gasteiger charge is 2.22. The third-order valence-electron chi connectivity index (χ3n) is 5.13. The molecule has 2 aromatic rings. The number of carbonyl (C=O) groups is 1. The Kier molecular flexibility index (Phi) is 9.61. The SMILES string of the molecule is CN=C(NCc1ccc(C(=O)N(C)C)cc1)NCc1ccc(C)cc1OCC1CC1.I. The highest BCUT2D eigenvalue weighted by molar-refractivity contribution is 14.0. The number of amides is 1. The van der Waals surface area contributed by atoms with Crippen LogP contribution in [0.25, 0.3) is 0 Å². The number of nitrogens with zero attached hydrogens (tertiary/aromatic N) is 2. The van der Waals surface area contributed by atoms with Crippen LogP contribution >= 0.6 is 24.0 Å². The number of benzene rings is 2. The van der Waals surface area contributed by atoms with E-state index in [0.29, 0.717) is 18.7 Å². The van der Waals surface area contributed by atoms with Gasteiger partial charge >= 0.3 is 0 Å². The van der Waals surface area contributed by atoms with Gasteiger partial charge in [-0.1, -0.05) is 24.3 Å². The average molecular weight is 536 g/mol. The Morgan fingerprint density at radius 1 is 1.10 bits per heavy atom. The number of hydrogen-bond donors (Lipinski definition) is 2. The highest BCUT2D eigenvalue weighted by Crippen LogP contribution is 2.30. The van der Waals surface area contributed by atoms with Crippen LogP contribution in [0.4, 0.5) is 0 Å². The van der Waals surface area contributed by atoms with Gasteiger partial charge in [-0.3, -0.25) is 9.79 Å². The molecule has 1 saturated carbocycles. The normalized spacial score (nSPS) is 13.2. The molecule has 2 N–H and O–H groups in total. The molecule has 1 aliphatic rings. The van der Waals surface area contributed by atoms with E-state index in [4.69, 9.17) is 4.74 Å². The molecule has 2 aromatic carbocycles. The summed E-state index contributed by atoms with van der Waals surface area (Å²) in [5.41, 5.74) is 4.08. The Hall–Kier alpha value is -2.29. The summed E-state index contributed by atoms with van der Waals surface area (Å²) in [4.78, 5) is 17.9. The second-order valence-corrected chi connectivity index (χ2v) is 8.04. The molecule has 1 amide bonds. The van der Waals surface area contributed by atoms with Crippen molar-refractivity contribution < 1.29 is 9.53 Å². The zero-order chi connectivity index (χ0) is 21.5. The topological polar surface area (TPSA) is 66.0 Å². The number of nitrogens with one attached hydrogen (secondary N) is 2. The lowest BCUT2D eigenvalue weighted by molar-refractivity contribution is 0.0827. The third kappa shape index (κ3) is 7.72. The molecule has 0 aromatic heterocycles. The number of carbonyl (C=O) groups excluding carboxylic acids is 1. The van der Waals surface area contributed by atoms with Crippen LogP contribution in [0.3, 0.4) is 0 Å². The van der Waals surface area contributed by atoms with Crippen molar-refractivity contribution in [2.24, 2.45) is 10.9 Å². The first-order valence-electron chi connectivity index (χ1n) is 10.4. The van der Waals surface area contributed by atoms with Crippen molar-refractivity contribution in [2.45, 2.75) is 32.9 Å². The minimum atomic E-state index is 0. The Morgan fingerprint density at radius 3 is 2.39 bits per heavy atom. The number of rotatable bonds is 8. The largest absolute Gasteiger partial charge is 0.493 e. The second-order valence-electron chi connectivity index (χ2n) is 8.04. The quantitative estimate of drug-likeness (QED) is 0.305. The molecule has 31 heavy (non-hydrogen) atoms. The lowest BCUT2D eigenvalue weighted by atomic mass is 10.1. The molecule has 0 unspecified atom stereocenters. The fraction of sp³-hybridized carbons (Fsp3) is 0.417. The molecule has 168 valence electrons. The Labute approximate surface area is 202 Å². The molecule has 0 bridgehead atoms. The van der Waals surface area contributed by atoms with Gasteiger partial charge in [0, 0.05) is 45.4 Å². The maximum atomic E-state index is 12.0. The standard InChI is InChI=1S/C24H32N4O2.HI/c1-17-5-10-21(22(13-17)30-16-19-6-7-19)15-27-24(25-2)26-14-18-8-11-20(12-9-18)23(29)28(3)4;/h5,8-13,19H,6-7,14-16H2,1-4H3,(H2,25,26,27);1H. The third-order valence-corrected chi connectivity index (χ3v) is 5.13. The summed E-state index contributed by atoms with van der Waals surface area (Å²) >= 11 is 0. The van der Waals surface area contributed by atoms with Gasteiger partial charge in [0.25, 0.3) is 5.91 Å². The van der Waals surface area contributed by atoms with Crippen LogP contribution in [0.1, 0.15) is 39.9 Å². The molecular formula is C24H33IN4O2. The highest BCUT2D eigenvalue weighted by atomic mass is 127. The number of ether oxygens (including phenoxy) is 1. The molecule has 0 saturated heterocycles. The molecule has 0 aliphatic heterocycles. The van der Waals surface area contributed by atoms with Crippen molar-refractivity contribution in [3.05, 3.63) is 64.7 Å². The summed E-state index contributed by atoms with van der Waals surface area (Å²) < 4.78 is 6.05. The predicted molar refractivity (Wildman–Crippen MR) is 136 cm³/mol. The van der Waals surface area contributed by atoms with Gasteiger partial charge in [0.2, 0.25) is 0 Å². The van der Waals surface area contributed by atoms with Gasteiger partial charge in [-0.15, -0.1) is 24.0 Å². The molecule has 3 rings (SSSR count). The van der Waals surface area contributed by atoms with Gasteiger partial charge in [0.1, 0.15) is 5.75 Å². The maximum absolute atomic E-state index is 12.0. The lowest BCUT2D eigenvalue weighted by Gasteiger charge is -2.16. The van der Waals surface area contributed by atoms with Gasteiger partial charge < -0.3 is 20.3 Å². The smallest absolute Gasteiger partial charge is 0.253 e. The van der Waals surface area contributed by atoms with Crippen molar-refractivity contribution in [2.75, 3.05) is 27.7 Å². The molecule has 7 heteroatoms. The monoisotopic (exact) mass is 536 g/mol. The first-order chi connectivity index (χ1) is 14.5. The molecule has 0 heterocycles. The maximum Gasteiger partial charge on any atom is 0.253 e. The molecule has 0 atom stereocenters. The number of hydrogen-bond acceptors (Lipinski definition) is 3. The van der Waals surface area contributed by atoms with E-state index in [2.05, 4.69) is 40.7 Å². The summed E-state index contributed by atoms with van der Waals surface area (Å²) in [6.07, 6.45) is 2.56. The zero-order valence-corrected chi connectivity index (χ0v) is 21.1. The first kappa shape index (κ1) is 25.0. The van der Waals surface area contributed by atoms with Crippen LogP contribution in [0.15, 0.2) is 47.5 Å². The number of halogens is 1. The number of guanidine groups is 1. The Bertz CT molecular complexity index is 893. The van der Waals surface area contributed by atoms with Gasteiger partial charge in [-0.25, -0.2) is 0 Å². The minimum Gasteiger partial charge on any atom is -0.493 e.